The third kappa shape index (κ3) is 3.47. The van der Waals surface area contributed by atoms with E-state index in [4.69, 9.17) is 9.47 Å². The largest absolute Gasteiger partial charge is 0.497 e. The van der Waals surface area contributed by atoms with E-state index in [1.54, 1.807) is 11.6 Å². The standard InChI is InChI=1S/C23H23F2N5O2/c1-4-18-27-21-17-8-6-14-9-10-23(24,25)32-20(14)19(17)28-22(30(21)29-18)26-12-15-5-7-16(31-3)11-13(15)2/h5-8,11H,4,9-10,12H2,1-3H3,(H,26,28). The van der Waals surface area contributed by atoms with Gasteiger partial charge in [0.2, 0.25) is 5.95 Å². The van der Waals surface area contributed by atoms with Crippen LogP contribution < -0.4 is 14.8 Å². The number of anilines is 1. The van der Waals surface area contributed by atoms with E-state index in [2.05, 4.69) is 20.4 Å². The normalized spacial score (nSPS) is 14.9. The summed E-state index contributed by atoms with van der Waals surface area (Å²) < 4.78 is 40.1. The van der Waals surface area contributed by atoms with Crippen LogP contribution in [-0.4, -0.2) is 32.8 Å². The molecule has 1 aliphatic rings. The Morgan fingerprint density at radius 3 is 2.81 bits per heavy atom. The van der Waals surface area contributed by atoms with Crippen LogP contribution in [0.3, 0.4) is 0 Å². The van der Waals surface area contributed by atoms with Gasteiger partial charge in [-0.15, -0.1) is 5.10 Å². The van der Waals surface area contributed by atoms with Crippen LogP contribution in [0.1, 0.15) is 35.9 Å². The number of fused-ring (bicyclic) bond motifs is 5. The van der Waals surface area contributed by atoms with Gasteiger partial charge < -0.3 is 14.8 Å². The van der Waals surface area contributed by atoms with Gasteiger partial charge in [-0.2, -0.15) is 13.3 Å². The number of ether oxygens (including phenoxy) is 2. The minimum atomic E-state index is -3.22. The first kappa shape index (κ1) is 20.4. The Hall–Kier alpha value is -3.49. The lowest BCUT2D eigenvalue weighted by Crippen LogP contribution is -2.29. The summed E-state index contributed by atoms with van der Waals surface area (Å²) in [6.07, 6.45) is -2.70. The Bertz CT molecular complexity index is 1340. The average molecular weight is 439 g/mol. The molecule has 166 valence electrons. The van der Waals surface area contributed by atoms with E-state index in [0.29, 0.717) is 46.9 Å². The van der Waals surface area contributed by atoms with Crippen molar-refractivity contribution < 1.29 is 18.3 Å². The zero-order chi connectivity index (χ0) is 22.5. The molecule has 0 unspecified atom stereocenters. The maximum absolute atomic E-state index is 14.1. The number of alkyl halides is 2. The van der Waals surface area contributed by atoms with Crippen molar-refractivity contribution in [2.24, 2.45) is 0 Å². The second-order valence-corrected chi connectivity index (χ2v) is 7.89. The van der Waals surface area contributed by atoms with Crippen molar-refractivity contribution in [2.75, 3.05) is 12.4 Å². The van der Waals surface area contributed by atoms with E-state index in [-0.39, 0.29) is 18.6 Å². The molecule has 0 bridgehead atoms. The molecule has 0 amide bonds. The van der Waals surface area contributed by atoms with Gasteiger partial charge in [-0.3, -0.25) is 0 Å². The molecule has 7 nitrogen and oxygen atoms in total. The molecule has 0 saturated carbocycles. The fourth-order valence-electron chi connectivity index (χ4n) is 3.96. The quantitative estimate of drug-likeness (QED) is 0.487. The highest BCUT2D eigenvalue weighted by atomic mass is 19.3. The Labute approximate surface area is 183 Å². The molecular formula is C23H23F2N5O2. The van der Waals surface area contributed by atoms with E-state index >= 15 is 0 Å². The Morgan fingerprint density at radius 2 is 2.06 bits per heavy atom. The number of methoxy groups -OCH3 is 1. The van der Waals surface area contributed by atoms with Crippen LogP contribution in [0.25, 0.3) is 16.6 Å². The van der Waals surface area contributed by atoms with E-state index < -0.39 is 6.11 Å². The van der Waals surface area contributed by atoms with Gasteiger partial charge in [-0.1, -0.05) is 19.1 Å². The van der Waals surface area contributed by atoms with Gasteiger partial charge in [0.25, 0.3) is 0 Å². The summed E-state index contributed by atoms with van der Waals surface area (Å²) in [6.45, 7) is 4.43. The van der Waals surface area contributed by atoms with Crippen molar-refractivity contribution in [3.05, 3.63) is 52.8 Å². The van der Waals surface area contributed by atoms with Crippen molar-refractivity contribution in [3.8, 4) is 11.5 Å². The SMILES string of the molecule is CCc1nc2c3ccc4c(c3nc(NCc3ccc(OC)cc3C)n2n1)OC(F)(F)CC4. The van der Waals surface area contributed by atoms with Gasteiger partial charge in [0.1, 0.15) is 11.3 Å². The lowest BCUT2D eigenvalue weighted by atomic mass is 10.0. The predicted molar refractivity (Wildman–Crippen MR) is 117 cm³/mol. The van der Waals surface area contributed by atoms with E-state index in [1.807, 2.05) is 44.2 Å². The average Bonchev–Trinajstić information content (AvgIpc) is 3.22. The smallest absolute Gasteiger partial charge is 0.398 e. The van der Waals surface area contributed by atoms with Crippen LogP contribution in [0.2, 0.25) is 0 Å². The number of hydrogen-bond donors (Lipinski definition) is 1. The molecule has 2 aromatic heterocycles. The summed E-state index contributed by atoms with van der Waals surface area (Å²) >= 11 is 0. The van der Waals surface area contributed by atoms with Crippen molar-refractivity contribution in [2.45, 2.75) is 45.8 Å². The van der Waals surface area contributed by atoms with E-state index in [1.165, 1.54) is 0 Å². The first-order valence-corrected chi connectivity index (χ1v) is 10.5. The number of halogens is 2. The number of aryl methyl sites for hydroxylation is 3. The molecule has 2 aromatic carbocycles. The number of nitrogens with one attached hydrogen (secondary N) is 1. The fourth-order valence-corrected chi connectivity index (χ4v) is 3.96. The number of aromatic nitrogens is 4. The third-order valence-electron chi connectivity index (χ3n) is 5.76. The first-order valence-electron chi connectivity index (χ1n) is 10.5. The van der Waals surface area contributed by atoms with Gasteiger partial charge in [-0.25, -0.2) is 9.97 Å². The molecule has 3 heterocycles. The molecule has 0 spiro atoms. The zero-order valence-corrected chi connectivity index (χ0v) is 18.1. The van der Waals surface area contributed by atoms with Gasteiger partial charge in [-0.05, 0) is 48.2 Å². The summed E-state index contributed by atoms with van der Waals surface area (Å²) in [4.78, 5) is 9.29. The second kappa shape index (κ2) is 7.58. The lowest BCUT2D eigenvalue weighted by molar-refractivity contribution is -0.186. The van der Waals surface area contributed by atoms with Gasteiger partial charge >= 0.3 is 6.11 Å². The summed E-state index contributed by atoms with van der Waals surface area (Å²) in [5.74, 6) is 1.96. The Balaban J connectivity index is 1.63. The molecule has 4 aromatic rings. The minimum Gasteiger partial charge on any atom is -0.497 e. The zero-order valence-electron chi connectivity index (χ0n) is 18.1. The van der Waals surface area contributed by atoms with Crippen molar-refractivity contribution in [1.82, 2.24) is 19.6 Å². The molecule has 1 N–H and O–H groups in total. The summed E-state index contributed by atoms with van der Waals surface area (Å²) in [7, 11) is 1.63. The van der Waals surface area contributed by atoms with Crippen LogP contribution in [-0.2, 0) is 19.4 Å². The highest BCUT2D eigenvalue weighted by Crippen LogP contribution is 2.40. The second-order valence-electron chi connectivity index (χ2n) is 7.89. The van der Waals surface area contributed by atoms with Crippen LogP contribution >= 0.6 is 0 Å². The Morgan fingerprint density at radius 1 is 1.22 bits per heavy atom. The maximum atomic E-state index is 14.1. The maximum Gasteiger partial charge on any atom is 0.398 e. The lowest BCUT2D eigenvalue weighted by Gasteiger charge is -2.26. The molecule has 0 radical (unpaired) electrons. The van der Waals surface area contributed by atoms with Gasteiger partial charge in [0, 0.05) is 18.4 Å². The first-order chi connectivity index (χ1) is 15.4. The Kier molecular flexibility index (Phi) is 4.83. The summed E-state index contributed by atoms with van der Waals surface area (Å²) in [5, 5.41) is 8.49. The number of hydrogen-bond acceptors (Lipinski definition) is 6. The van der Waals surface area contributed by atoms with Crippen LogP contribution in [0, 0.1) is 6.92 Å². The molecule has 0 saturated heterocycles. The number of benzene rings is 2. The van der Waals surface area contributed by atoms with Crippen LogP contribution in [0.5, 0.6) is 11.5 Å². The van der Waals surface area contributed by atoms with Crippen molar-refractivity contribution in [1.29, 1.82) is 0 Å². The van der Waals surface area contributed by atoms with Gasteiger partial charge in [0.15, 0.2) is 17.2 Å². The predicted octanol–water partition coefficient (Wildman–Crippen LogP) is 4.69. The summed E-state index contributed by atoms with van der Waals surface area (Å²) in [6, 6.07) is 9.49. The fraction of sp³-hybridized carbons (Fsp3) is 0.348. The van der Waals surface area contributed by atoms with Crippen LogP contribution in [0.15, 0.2) is 30.3 Å². The number of rotatable bonds is 5. The minimum absolute atomic E-state index is 0.117. The van der Waals surface area contributed by atoms with Gasteiger partial charge in [0.05, 0.1) is 13.5 Å². The van der Waals surface area contributed by atoms with E-state index in [0.717, 1.165) is 16.9 Å². The van der Waals surface area contributed by atoms with Crippen molar-refractivity contribution in [3.63, 3.8) is 0 Å². The molecule has 5 rings (SSSR count). The summed E-state index contributed by atoms with van der Waals surface area (Å²) in [5.41, 5.74) is 3.74. The third-order valence-corrected chi connectivity index (χ3v) is 5.76. The molecule has 1 aliphatic heterocycles. The monoisotopic (exact) mass is 439 g/mol. The molecule has 0 aliphatic carbocycles. The van der Waals surface area contributed by atoms with Crippen LogP contribution in [0.4, 0.5) is 14.7 Å². The van der Waals surface area contributed by atoms with E-state index in [9.17, 15) is 8.78 Å². The molecule has 9 heteroatoms. The van der Waals surface area contributed by atoms with Crippen molar-refractivity contribution >= 4 is 22.5 Å². The molecule has 0 fully saturated rings. The molecule has 0 atom stereocenters. The highest BCUT2D eigenvalue weighted by molar-refractivity contribution is 5.97. The molecular weight excluding hydrogens is 416 g/mol. The molecule has 32 heavy (non-hydrogen) atoms. The number of nitrogens with zero attached hydrogens (tertiary/aromatic N) is 4. The highest BCUT2D eigenvalue weighted by Gasteiger charge is 2.37. The topological polar surface area (TPSA) is 73.6 Å².